The van der Waals surface area contributed by atoms with Gasteiger partial charge in [0.2, 0.25) is 5.91 Å². The second-order valence-corrected chi connectivity index (χ2v) is 6.82. The van der Waals surface area contributed by atoms with Crippen molar-refractivity contribution in [3.05, 3.63) is 22.7 Å². The van der Waals surface area contributed by atoms with E-state index in [2.05, 4.69) is 27.3 Å². The van der Waals surface area contributed by atoms with Crippen LogP contribution in [0, 0.1) is 0 Å². The Balaban J connectivity index is 1.57. The van der Waals surface area contributed by atoms with E-state index in [1.807, 2.05) is 17.0 Å². The fourth-order valence-corrected chi connectivity index (χ4v) is 3.85. The second-order valence-electron chi connectivity index (χ2n) is 5.98. The van der Waals surface area contributed by atoms with Crippen molar-refractivity contribution in [1.82, 2.24) is 25.1 Å². The van der Waals surface area contributed by atoms with Crippen LogP contribution in [-0.4, -0.2) is 38.2 Å². The summed E-state index contributed by atoms with van der Waals surface area (Å²) in [6.45, 7) is 7.83. The molecular weight excluding hydrogens is 324 g/mol. The quantitative estimate of drug-likeness (QED) is 0.861. The van der Waals surface area contributed by atoms with Crippen molar-refractivity contribution in [3.8, 4) is 0 Å². The van der Waals surface area contributed by atoms with E-state index in [0.29, 0.717) is 19.1 Å². The number of carbonyl (C=O) groups excluding carboxylic acids is 1. The Labute approximate surface area is 146 Å². The van der Waals surface area contributed by atoms with Gasteiger partial charge >= 0.3 is 0 Å². The van der Waals surface area contributed by atoms with Gasteiger partial charge in [-0.25, -0.2) is 14.6 Å². The van der Waals surface area contributed by atoms with E-state index in [0.717, 1.165) is 48.3 Å². The van der Waals surface area contributed by atoms with Crippen LogP contribution in [-0.2, 0) is 30.7 Å². The van der Waals surface area contributed by atoms with E-state index >= 15 is 0 Å². The number of hydrogen-bond acceptors (Lipinski definition) is 6. The molecule has 0 fully saturated rings. The molecule has 2 aromatic rings. The maximum atomic E-state index is 11.6. The molecule has 1 atom stereocenters. The summed E-state index contributed by atoms with van der Waals surface area (Å²) in [6.07, 6.45) is 2.90. The first-order chi connectivity index (χ1) is 11.6. The van der Waals surface area contributed by atoms with Crippen LogP contribution in [0.1, 0.15) is 44.5 Å². The van der Waals surface area contributed by atoms with Gasteiger partial charge in [0, 0.05) is 44.3 Å². The van der Waals surface area contributed by atoms with E-state index in [4.69, 9.17) is 0 Å². The highest BCUT2D eigenvalue weighted by Gasteiger charge is 2.21. The third-order valence-electron chi connectivity index (χ3n) is 4.26. The summed E-state index contributed by atoms with van der Waals surface area (Å²) in [6, 6.07) is 0.379. The molecule has 0 saturated carbocycles. The molecule has 8 heteroatoms. The highest BCUT2D eigenvalue weighted by molar-refractivity contribution is 7.14. The molecule has 0 unspecified atom stereocenters. The van der Waals surface area contributed by atoms with E-state index < -0.39 is 0 Å². The monoisotopic (exact) mass is 348 g/mol. The van der Waals surface area contributed by atoms with Gasteiger partial charge in [-0.05, 0) is 13.3 Å². The molecule has 3 heterocycles. The Morgan fingerprint density at radius 1 is 1.46 bits per heavy atom. The van der Waals surface area contributed by atoms with E-state index in [-0.39, 0.29) is 5.91 Å². The summed E-state index contributed by atoms with van der Waals surface area (Å²) in [5, 5.41) is 10.9. The Hall–Kier alpha value is -1.80. The number of aromatic nitrogens is 4. The predicted octanol–water partition coefficient (Wildman–Crippen LogP) is 1.77. The van der Waals surface area contributed by atoms with Crippen LogP contribution in [0.3, 0.4) is 0 Å². The standard InChI is InChI=1S/C16H24N6OS/c1-4-14-19-15-7-6-12(9-22(15)20-14)17-8-13-10-24-16(18-13)21(5-2)11(3)23/h10,12,17H,4-9H2,1-3H3/t12-/m0/s1. The molecule has 130 valence electrons. The Morgan fingerprint density at radius 3 is 3.00 bits per heavy atom. The highest BCUT2D eigenvalue weighted by Crippen LogP contribution is 2.21. The number of amides is 1. The van der Waals surface area contributed by atoms with Gasteiger partial charge in [0.1, 0.15) is 5.82 Å². The number of anilines is 1. The molecule has 24 heavy (non-hydrogen) atoms. The lowest BCUT2D eigenvalue weighted by Gasteiger charge is -2.23. The zero-order chi connectivity index (χ0) is 17.1. The number of nitrogens with one attached hydrogen (secondary N) is 1. The molecule has 1 N–H and O–H groups in total. The largest absolute Gasteiger partial charge is 0.306 e. The number of carbonyl (C=O) groups is 1. The van der Waals surface area contributed by atoms with E-state index in [9.17, 15) is 4.79 Å². The third-order valence-corrected chi connectivity index (χ3v) is 5.17. The normalized spacial score (nSPS) is 16.9. The fraction of sp³-hybridized carbons (Fsp3) is 0.625. The molecule has 1 aliphatic rings. The Kier molecular flexibility index (Phi) is 5.25. The summed E-state index contributed by atoms with van der Waals surface area (Å²) in [4.78, 5) is 22.4. The molecule has 0 bridgehead atoms. The maximum Gasteiger partial charge on any atom is 0.225 e. The summed E-state index contributed by atoms with van der Waals surface area (Å²) in [7, 11) is 0. The molecule has 2 aromatic heterocycles. The van der Waals surface area contributed by atoms with Crippen molar-refractivity contribution in [2.24, 2.45) is 0 Å². The van der Waals surface area contributed by atoms with Crippen LogP contribution in [0.4, 0.5) is 5.13 Å². The van der Waals surface area contributed by atoms with Crippen LogP contribution < -0.4 is 10.2 Å². The van der Waals surface area contributed by atoms with Gasteiger partial charge in [-0.3, -0.25) is 9.69 Å². The fourth-order valence-electron chi connectivity index (χ4n) is 2.92. The van der Waals surface area contributed by atoms with Crippen LogP contribution in [0.2, 0.25) is 0 Å². The number of nitrogens with zero attached hydrogens (tertiary/aromatic N) is 5. The smallest absolute Gasteiger partial charge is 0.225 e. The molecular formula is C16H24N6OS. The van der Waals surface area contributed by atoms with E-state index in [1.54, 1.807) is 11.8 Å². The SMILES string of the molecule is CCc1nc2n(n1)C[C@@H](NCc1csc(N(CC)C(C)=O)n1)CC2. The van der Waals surface area contributed by atoms with Gasteiger partial charge < -0.3 is 5.32 Å². The zero-order valence-corrected chi connectivity index (χ0v) is 15.3. The van der Waals surface area contributed by atoms with Gasteiger partial charge in [0.15, 0.2) is 11.0 Å². The minimum absolute atomic E-state index is 0.0316. The van der Waals surface area contributed by atoms with Crippen LogP contribution in [0.25, 0.3) is 0 Å². The molecule has 0 saturated heterocycles. The van der Waals surface area contributed by atoms with E-state index in [1.165, 1.54) is 11.3 Å². The highest BCUT2D eigenvalue weighted by atomic mass is 32.1. The molecule has 0 aromatic carbocycles. The molecule has 1 aliphatic heterocycles. The molecule has 7 nitrogen and oxygen atoms in total. The molecule has 1 amide bonds. The predicted molar refractivity (Wildman–Crippen MR) is 94.2 cm³/mol. The first kappa shape index (κ1) is 17.0. The van der Waals surface area contributed by atoms with Gasteiger partial charge in [-0.15, -0.1) is 11.3 Å². The lowest BCUT2D eigenvalue weighted by Crippen LogP contribution is -2.37. The second kappa shape index (κ2) is 7.40. The number of rotatable bonds is 6. The summed E-state index contributed by atoms with van der Waals surface area (Å²) < 4.78 is 2.03. The van der Waals surface area contributed by atoms with Gasteiger partial charge in [-0.2, -0.15) is 5.10 Å². The average molecular weight is 348 g/mol. The lowest BCUT2D eigenvalue weighted by atomic mass is 10.1. The Bertz CT molecular complexity index is 709. The minimum atomic E-state index is 0.0316. The van der Waals surface area contributed by atoms with Gasteiger partial charge in [0.05, 0.1) is 12.2 Å². The summed E-state index contributed by atoms with van der Waals surface area (Å²) in [5.74, 6) is 2.06. The van der Waals surface area contributed by atoms with Crippen molar-refractivity contribution >= 4 is 22.4 Å². The van der Waals surface area contributed by atoms with Crippen molar-refractivity contribution in [3.63, 3.8) is 0 Å². The topological polar surface area (TPSA) is 75.9 Å². The minimum Gasteiger partial charge on any atom is -0.306 e. The van der Waals surface area contributed by atoms with Crippen molar-refractivity contribution in [1.29, 1.82) is 0 Å². The van der Waals surface area contributed by atoms with Crippen molar-refractivity contribution in [2.75, 3.05) is 11.4 Å². The molecule has 0 spiro atoms. The van der Waals surface area contributed by atoms with Gasteiger partial charge in [0.25, 0.3) is 0 Å². The van der Waals surface area contributed by atoms with Crippen molar-refractivity contribution in [2.45, 2.75) is 59.2 Å². The molecule has 3 rings (SSSR count). The van der Waals surface area contributed by atoms with Crippen molar-refractivity contribution < 1.29 is 4.79 Å². The van der Waals surface area contributed by atoms with Crippen LogP contribution in [0.15, 0.2) is 5.38 Å². The van der Waals surface area contributed by atoms with Crippen LogP contribution >= 0.6 is 11.3 Å². The zero-order valence-electron chi connectivity index (χ0n) is 14.4. The third kappa shape index (κ3) is 3.64. The van der Waals surface area contributed by atoms with Crippen LogP contribution in [0.5, 0.6) is 0 Å². The number of aryl methyl sites for hydroxylation is 2. The number of thiazole rings is 1. The first-order valence-electron chi connectivity index (χ1n) is 8.49. The summed E-state index contributed by atoms with van der Waals surface area (Å²) >= 11 is 1.52. The number of hydrogen-bond donors (Lipinski definition) is 1. The first-order valence-corrected chi connectivity index (χ1v) is 9.37. The number of fused-ring (bicyclic) bond motifs is 1. The summed E-state index contributed by atoms with van der Waals surface area (Å²) in [5.41, 5.74) is 0.980. The maximum absolute atomic E-state index is 11.6. The molecule has 0 radical (unpaired) electrons. The Morgan fingerprint density at radius 2 is 2.29 bits per heavy atom. The molecule has 0 aliphatic carbocycles. The lowest BCUT2D eigenvalue weighted by molar-refractivity contribution is -0.116. The average Bonchev–Trinajstić information content (AvgIpc) is 3.19. The van der Waals surface area contributed by atoms with Gasteiger partial charge in [-0.1, -0.05) is 6.92 Å².